The van der Waals surface area contributed by atoms with Crippen molar-refractivity contribution >= 4 is 39.9 Å². The zero-order valence-electron chi connectivity index (χ0n) is 14.8. The Kier molecular flexibility index (Phi) is 5.10. The second-order valence-corrected chi connectivity index (χ2v) is 8.93. The van der Waals surface area contributed by atoms with Crippen LogP contribution in [-0.2, 0) is 9.59 Å². The summed E-state index contributed by atoms with van der Waals surface area (Å²) in [6, 6.07) is 6.07. The standard InChI is InChI=1S/C19H18FN3O2S2/c1-2-26-19-22-21-18(27-19)23-14-4-3-5-15(24)17(14)13(10-16(23)25)11-6-8-12(20)9-7-11/h6-9,13H,2-5,10H2,1H3/t13-/m1/s1. The third-order valence-electron chi connectivity index (χ3n) is 4.80. The summed E-state index contributed by atoms with van der Waals surface area (Å²) < 4.78 is 14.1. The van der Waals surface area contributed by atoms with Gasteiger partial charge in [0, 0.05) is 30.0 Å². The molecule has 0 bridgehead atoms. The summed E-state index contributed by atoms with van der Waals surface area (Å²) >= 11 is 2.95. The highest BCUT2D eigenvalue weighted by molar-refractivity contribution is 8.01. The number of anilines is 1. The highest BCUT2D eigenvalue weighted by atomic mass is 32.2. The number of thioether (sulfide) groups is 1. The lowest BCUT2D eigenvalue weighted by atomic mass is 9.77. The maximum Gasteiger partial charge on any atom is 0.234 e. The Balaban J connectivity index is 1.79. The smallest absolute Gasteiger partial charge is 0.234 e. The number of carbonyl (C=O) groups excluding carboxylic acids is 2. The van der Waals surface area contributed by atoms with Gasteiger partial charge in [0.05, 0.1) is 0 Å². The van der Waals surface area contributed by atoms with Crippen molar-refractivity contribution < 1.29 is 14.0 Å². The molecule has 27 heavy (non-hydrogen) atoms. The number of Topliss-reactive ketones (excluding diaryl/α,β-unsaturated/α-hetero) is 1. The van der Waals surface area contributed by atoms with E-state index in [1.807, 2.05) is 6.92 Å². The number of halogens is 1. The molecule has 8 heteroatoms. The Morgan fingerprint density at radius 3 is 2.74 bits per heavy atom. The molecule has 1 atom stereocenters. The van der Waals surface area contributed by atoms with Crippen LogP contribution in [-0.4, -0.2) is 27.6 Å². The lowest BCUT2D eigenvalue weighted by Crippen LogP contribution is -2.40. The van der Waals surface area contributed by atoms with E-state index < -0.39 is 0 Å². The molecule has 0 saturated heterocycles. The molecular formula is C19H18FN3O2S2. The van der Waals surface area contributed by atoms with E-state index in [0.29, 0.717) is 30.0 Å². The molecule has 2 aliphatic rings. The first-order valence-electron chi connectivity index (χ1n) is 8.89. The summed E-state index contributed by atoms with van der Waals surface area (Å²) in [5.74, 6) is 0.190. The number of hydrogen-bond donors (Lipinski definition) is 0. The van der Waals surface area contributed by atoms with Crippen LogP contribution in [0.5, 0.6) is 0 Å². The van der Waals surface area contributed by atoms with Gasteiger partial charge in [0.1, 0.15) is 5.82 Å². The molecule has 1 aromatic carbocycles. The molecule has 5 nitrogen and oxygen atoms in total. The number of benzene rings is 1. The molecule has 2 aromatic rings. The van der Waals surface area contributed by atoms with Gasteiger partial charge in [0.2, 0.25) is 11.0 Å². The average molecular weight is 404 g/mol. The summed E-state index contributed by atoms with van der Waals surface area (Å²) in [5, 5.41) is 8.86. The van der Waals surface area contributed by atoms with E-state index >= 15 is 0 Å². The molecule has 0 unspecified atom stereocenters. The van der Waals surface area contributed by atoms with E-state index in [1.54, 1.807) is 28.8 Å². The van der Waals surface area contributed by atoms with Gasteiger partial charge in [-0.15, -0.1) is 10.2 Å². The SMILES string of the molecule is CCSc1nnc(N2C(=O)C[C@H](c3ccc(F)cc3)C3=C2CCCC3=O)s1. The van der Waals surface area contributed by atoms with E-state index in [2.05, 4.69) is 10.2 Å². The Labute approximate surface area is 164 Å². The molecule has 1 aliphatic carbocycles. The van der Waals surface area contributed by atoms with Crippen LogP contribution in [0.15, 0.2) is 39.9 Å². The number of amides is 1. The van der Waals surface area contributed by atoms with E-state index in [9.17, 15) is 14.0 Å². The highest BCUT2D eigenvalue weighted by Crippen LogP contribution is 2.44. The van der Waals surface area contributed by atoms with Gasteiger partial charge in [0.25, 0.3) is 0 Å². The lowest BCUT2D eigenvalue weighted by Gasteiger charge is -2.36. The fourth-order valence-electron chi connectivity index (χ4n) is 3.67. The quantitative estimate of drug-likeness (QED) is 0.562. The van der Waals surface area contributed by atoms with Gasteiger partial charge in [-0.1, -0.05) is 42.2 Å². The number of rotatable bonds is 4. The van der Waals surface area contributed by atoms with Crippen molar-refractivity contribution in [2.24, 2.45) is 0 Å². The predicted octanol–water partition coefficient (Wildman–Crippen LogP) is 4.32. The third kappa shape index (κ3) is 3.43. The largest absolute Gasteiger partial charge is 0.294 e. The first-order chi connectivity index (χ1) is 13.1. The van der Waals surface area contributed by atoms with Crippen LogP contribution in [0.2, 0.25) is 0 Å². The van der Waals surface area contributed by atoms with Gasteiger partial charge in [-0.05, 0) is 36.3 Å². The first-order valence-corrected chi connectivity index (χ1v) is 10.7. The molecule has 0 spiro atoms. The molecule has 1 aliphatic heterocycles. The lowest BCUT2D eigenvalue weighted by molar-refractivity contribution is -0.119. The van der Waals surface area contributed by atoms with Gasteiger partial charge in [-0.2, -0.15) is 0 Å². The number of carbonyl (C=O) groups is 2. The van der Waals surface area contributed by atoms with Crippen LogP contribution < -0.4 is 4.90 Å². The first kappa shape index (κ1) is 18.3. The van der Waals surface area contributed by atoms with Crippen molar-refractivity contribution in [2.45, 2.75) is 42.9 Å². The van der Waals surface area contributed by atoms with Crippen molar-refractivity contribution in [1.82, 2.24) is 10.2 Å². The molecule has 0 N–H and O–H groups in total. The fraction of sp³-hybridized carbons (Fsp3) is 0.368. The van der Waals surface area contributed by atoms with E-state index in [4.69, 9.17) is 0 Å². The molecule has 140 valence electrons. The highest BCUT2D eigenvalue weighted by Gasteiger charge is 2.40. The molecule has 0 fully saturated rings. The molecular weight excluding hydrogens is 385 g/mol. The molecule has 4 rings (SSSR count). The molecule has 2 heterocycles. The number of hydrogen-bond acceptors (Lipinski definition) is 6. The van der Waals surface area contributed by atoms with Crippen LogP contribution in [0.3, 0.4) is 0 Å². The van der Waals surface area contributed by atoms with Gasteiger partial charge >= 0.3 is 0 Å². The number of allylic oxidation sites excluding steroid dienone is 2. The second kappa shape index (κ2) is 7.52. The van der Waals surface area contributed by atoms with Crippen molar-refractivity contribution in [2.75, 3.05) is 10.7 Å². The number of nitrogens with zero attached hydrogens (tertiary/aromatic N) is 3. The minimum Gasteiger partial charge on any atom is -0.294 e. The van der Waals surface area contributed by atoms with Gasteiger partial charge < -0.3 is 0 Å². The molecule has 1 amide bonds. The van der Waals surface area contributed by atoms with Gasteiger partial charge in [-0.3, -0.25) is 14.5 Å². The maximum atomic E-state index is 13.3. The summed E-state index contributed by atoms with van der Waals surface area (Å²) in [5.41, 5.74) is 2.21. The Bertz CT molecular complexity index is 923. The van der Waals surface area contributed by atoms with Crippen molar-refractivity contribution in [1.29, 1.82) is 0 Å². The van der Waals surface area contributed by atoms with Crippen LogP contribution in [0.1, 0.15) is 44.1 Å². The summed E-state index contributed by atoms with van der Waals surface area (Å²) in [4.78, 5) is 27.4. The van der Waals surface area contributed by atoms with Crippen molar-refractivity contribution in [3.05, 3.63) is 46.9 Å². The third-order valence-corrected chi connectivity index (χ3v) is 6.73. The predicted molar refractivity (Wildman–Crippen MR) is 103 cm³/mol. The Morgan fingerprint density at radius 2 is 2.00 bits per heavy atom. The van der Waals surface area contributed by atoms with E-state index in [-0.39, 0.29) is 29.8 Å². The van der Waals surface area contributed by atoms with Crippen LogP contribution >= 0.6 is 23.1 Å². The van der Waals surface area contributed by atoms with Gasteiger partial charge in [0.15, 0.2) is 10.1 Å². The van der Waals surface area contributed by atoms with Gasteiger partial charge in [-0.25, -0.2) is 4.39 Å². The Hall–Kier alpha value is -2.06. The maximum absolute atomic E-state index is 13.3. The monoisotopic (exact) mass is 403 g/mol. The Morgan fingerprint density at radius 1 is 1.22 bits per heavy atom. The average Bonchev–Trinajstić information content (AvgIpc) is 3.10. The minimum atomic E-state index is -0.332. The van der Waals surface area contributed by atoms with Crippen molar-refractivity contribution in [3.8, 4) is 0 Å². The summed E-state index contributed by atoms with van der Waals surface area (Å²) in [6.45, 7) is 2.03. The van der Waals surface area contributed by atoms with Crippen LogP contribution in [0.4, 0.5) is 9.52 Å². The van der Waals surface area contributed by atoms with E-state index in [0.717, 1.165) is 21.4 Å². The fourth-order valence-corrected chi connectivity index (χ4v) is 5.45. The number of aromatic nitrogens is 2. The van der Waals surface area contributed by atoms with E-state index in [1.165, 1.54) is 23.5 Å². The summed E-state index contributed by atoms with van der Waals surface area (Å²) in [7, 11) is 0. The second-order valence-electron chi connectivity index (χ2n) is 6.46. The normalized spacial score (nSPS) is 20.2. The molecule has 1 aromatic heterocycles. The van der Waals surface area contributed by atoms with Crippen LogP contribution in [0, 0.1) is 5.82 Å². The zero-order chi connectivity index (χ0) is 19.0. The molecule has 0 saturated carbocycles. The van der Waals surface area contributed by atoms with Crippen molar-refractivity contribution in [3.63, 3.8) is 0 Å². The zero-order valence-corrected chi connectivity index (χ0v) is 16.4. The summed E-state index contributed by atoms with van der Waals surface area (Å²) in [6.07, 6.45) is 2.02. The topological polar surface area (TPSA) is 63.2 Å². The minimum absolute atomic E-state index is 0.0655. The number of ketones is 1. The molecule has 0 radical (unpaired) electrons. The van der Waals surface area contributed by atoms with Crippen LogP contribution in [0.25, 0.3) is 0 Å².